The lowest BCUT2D eigenvalue weighted by molar-refractivity contribution is 0.528. The maximum Gasteiger partial charge on any atom is 0.419 e. The third kappa shape index (κ3) is 4.59. The van der Waals surface area contributed by atoms with Crippen molar-refractivity contribution in [2.45, 2.75) is 12.5 Å². The monoisotopic (exact) mass is 475 g/mol. The lowest BCUT2D eigenvalue weighted by Gasteiger charge is -2.12. The lowest BCUT2D eigenvalue weighted by Crippen LogP contribution is -2.12. The Kier molecular flexibility index (Phi) is 6.29. The highest BCUT2D eigenvalue weighted by Gasteiger charge is 2.15. The van der Waals surface area contributed by atoms with Gasteiger partial charge in [-0.25, -0.2) is 9.18 Å². The van der Waals surface area contributed by atoms with Crippen LogP contribution in [0.4, 0.5) is 4.39 Å². The molecule has 1 aromatic heterocycles. The Labute approximate surface area is 207 Å². The minimum absolute atomic E-state index is 0.270. The van der Waals surface area contributed by atoms with Gasteiger partial charge in [-0.2, -0.15) is 5.26 Å². The number of nitriles is 1. The Bertz CT molecular complexity index is 1620. The molecule has 0 radical (unpaired) electrons. The average Bonchev–Trinajstić information content (AvgIpc) is 3.20. The second-order valence-electron chi connectivity index (χ2n) is 8.48. The number of hydrogen-bond donors (Lipinski definition) is 0. The molecular weight excluding hydrogens is 453 g/mol. The van der Waals surface area contributed by atoms with Crippen molar-refractivity contribution < 1.29 is 8.81 Å². The van der Waals surface area contributed by atoms with Crippen LogP contribution in [0.1, 0.15) is 16.7 Å². The number of aliphatic imine (C=N–C) groups is 1. The predicted octanol–water partition coefficient (Wildman–Crippen LogP) is 5.91. The second-order valence-corrected chi connectivity index (χ2v) is 8.48. The molecule has 0 amide bonds. The van der Waals surface area contributed by atoms with E-state index in [-0.39, 0.29) is 6.42 Å². The molecule has 0 saturated heterocycles. The molecule has 36 heavy (non-hydrogen) atoms. The molecule has 0 spiro atoms. The van der Waals surface area contributed by atoms with Gasteiger partial charge in [0.15, 0.2) is 5.58 Å². The van der Waals surface area contributed by atoms with Crippen LogP contribution in [0, 0.1) is 17.1 Å². The number of rotatable bonds is 6. The zero-order valence-corrected chi connectivity index (χ0v) is 19.6. The van der Waals surface area contributed by atoms with E-state index in [1.54, 1.807) is 31.3 Å². The van der Waals surface area contributed by atoms with E-state index in [0.29, 0.717) is 27.8 Å². The van der Waals surface area contributed by atoms with E-state index in [1.165, 1.54) is 10.6 Å². The zero-order chi connectivity index (χ0) is 25.1. The van der Waals surface area contributed by atoms with Crippen molar-refractivity contribution >= 4 is 16.8 Å². The number of oxazole rings is 1. The standard InChI is InChI=1S/C30H22FN3O2/c1-34-27-18-23(13-15-28(27)36-30(34)35)25-14-12-20(17-26(25)31)16-24(19-32)33-29(21-8-4-2-5-9-21)22-10-6-3-7-11-22/h2-15,17-18,24H,16H2,1H3. The van der Waals surface area contributed by atoms with Crippen molar-refractivity contribution in [2.24, 2.45) is 12.0 Å². The van der Waals surface area contributed by atoms with Crippen molar-refractivity contribution in [3.63, 3.8) is 0 Å². The summed E-state index contributed by atoms with van der Waals surface area (Å²) >= 11 is 0. The first-order valence-electron chi connectivity index (χ1n) is 11.5. The topological polar surface area (TPSA) is 71.3 Å². The maximum atomic E-state index is 15.2. The van der Waals surface area contributed by atoms with E-state index in [0.717, 1.165) is 16.8 Å². The van der Waals surface area contributed by atoms with Crippen molar-refractivity contribution in [3.05, 3.63) is 130 Å². The van der Waals surface area contributed by atoms with Crippen LogP contribution in [0.15, 0.2) is 111 Å². The summed E-state index contributed by atoms with van der Waals surface area (Å²) in [5.74, 6) is -0.876. The largest absolute Gasteiger partial charge is 0.419 e. The number of nitrogens with zero attached hydrogens (tertiary/aromatic N) is 3. The molecule has 176 valence electrons. The molecule has 1 atom stereocenters. The molecule has 0 fully saturated rings. The summed E-state index contributed by atoms with van der Waals surface area (Å²) in [4.78, 5) is 16.5. The Balaban J connectivity index is 1.45. The number of aryl methyl sites for hydroxylation is 1. The highest BCUT2D eigenvalue weighted by Crippen LogP contribution is 2.27. The number of fused-ring (bicyclic) bond motifs is 1. The summed E-state index contributed by atoms with van der Waals surface area (Å²) < 4.78 is 21.7. The molecular formula is C30H22FN3O2. The number of benzene rings is 4. The van der Waals surface area contributed by atoms with Crippen LogP contribution in [0.2, 0.25) is 0 Å². The summed E-state index contributed by atoms with van der Waals surface area (Å²) in [5, 5.41) is 9.87. The summed E-state index contributed by atoms with van der Waals surface area (Å²) in [6, 6.07) is 31.1. The third-order valence-electron chi connectivity index (χ3n) is 6.09. The van der Waals surface area contributed by atoms with Gasteiger partial charge in [-0.1, -0.05) is 78.9 Å². The summed E-state index contributed by atoms with van der Waals surface area (Å²) in [6.07, 6.45) is 0.270. The summed E-state index contributed by atoms with van der Waals surface area (Å²) in [5.41, 5.74) is 5.29. The van der Waals surface area contributed by atoms with Gasteiger partial charge in [0.25, 0.3) is 0 Å². The Morgan fingerprint density at radius 2 is 1.64 bits per heavy atom. The smallest absolute Gasteiger partial charge is 0.408 e. The van der Waals surface area contributed by atoms with E-state index < -0.39 is 17.6 Å². The van der Waals surface area contributed by atoms with E-state index >= 15 is 4.39 Å². The molecule has 5 nitrogen and oxygen atoms in total. The van der Waals surface area contributed by atoms with Gasteiger partial charge in [0.2, 0.25) is 0 Å². The first kappa shape index (κ1) is 23.0. The highest BCUT2D eigenvalue weighted by atomic mass is 19.1. The molecule has 0 aliphatic heterocycles. The van der Waals surface area contributed by atoms with Crippen molar-refractivity contribution in [2.75, 3.05) is 0 Å². The third-order valence-corrected chi connectivity index (χ3v) is 6.09. The first-order chi connectivity index (χ1) is 17.5. The van der Waals surface area contributed by atoms with Crippen molar-refractivity contribution in [1.82, 2.24) is 4.57 Å². The Morgan fingerprint density at radius 3 is 2.25 bits per heavy atom. The van der Waals surface area contributed by atoms with Gasteiger partial charge in [-0.3, -0.25) is 9.56 Å². The van der Waals surface area contributed by atoms with Crippen molar-refractivity contribution in [3.8, 4) is 17.2 Å². The molecule has 0 saturated carbocycles. The van der Waals surface area contributed by atoms with E-state index in [1.807, 2.05) is 66.7 Å². The van der Waals surface area contributed by atoms with Crippen molar-refractivity contribution in [1.29, 1.82) is 5.26 Å². The molecule has 1 heterocycles. The first-order valence-corrected chi connectivity index (χ1v) is 11.5. The van der Waals surface area contributed by atoms with Gasteiger partial charge in [-0.05, 0) is 29.3 Å². The fourth-order valence-electron chi connectivity index (χ4n) is 4.22. The summed E-state index contributed by atoms with van der Waals surface area (Å²) in [7, 11) is 1.61. The summed E-state index contributed by atoms with van der Waals surface area (Å²) in [6.45, 7) is 0. The lowest BCUT2D eigenvalue weighted by atomic mass is 9.99. The van der Waals surface area contributed by atoms with E-state index in [9.17, 15) is 10.1 Å². The molecule has 5 rings (SSSR count). The predicted molar refractivity (Wildman–Crippen MR) is 138 cm³/mol. The number of halogens is 1. The molecule has 0 N–H and O–H groups in total. The van der Waals surface area contributed by atoms with Crippen LogP contribution in [0.3, 0.4) is 0 Å². The molecule has 1 unspecified atom stereocenters. The molecule has 0 aliphatic rings. The normalized spacial score (nSPS) is 11.7. The van der Waals surface area contributed by atoms with E-state index in [4.69, 9.17) is 9.41 Å². The van der Waals surface area contributed by atoms with Crippen LogP contribution in [0.5, 0.6) is 0 Å². The van der Waals surface area contributed by atoms with Crippen LogP contribution in [-0.2, 0) is 13.5 Å². The molecule has 0 aliphatic carbocycles. The molecule has 4 aromatic carbocycles. The van der Waals surface area contributed by atoms with Crippen LogP contribution >= 0.6 is 0 Å². The van der Waals surface area contributed by atoms with Gasteiger partial charge in [0, 0.05) is 30.2 Å². The van der Waals surface area contributed by atoms with E-state index in [2.05, 4.69) is 6.07 Å². The van der Waals surface area contributed by atoms with Crippen LogP contribution < -0.4 is 5.76 Å². The molecule has 0 bridgehead atoms. The minimum atomic E-state index is -0.692. The fourth-order valence-corrected chi connectivity index (χ4v) is 4.22. The quantitative estimate of drug-likeness (QED) is 0.287. The van der Waals surface area contributed by atoms with Gasteiger partial charge in [0.1, 0.15) is 11.9 Å². The Morgan fingerprint density at radius 1 is 0.972 bits per heavy atom. The van der Waals surface area contributed by atoms with Gasteiger partial charge in [-0.15, -0.1) is 0 Å². The zero-order valence-electron chi connectivity index (χ0n) is 19.6. The molecule has 5 aromatic rings. The highest BCUT2D eigenvalue weighted by molar-refractivity contribution is 6.13. The number of hydrogen-bond acceptors (Lipinski definition) is 4. The fraction of sp³-hybridized carbons (Fsp3) is 0.100. The van der Waals surface area contributed by atoms with Crippen LogP contribution in [-0.4, -0.2) is 16.3 Å². The minimum Gasteiger partial charge on any atom is -0.408 e. The Hall–Kier alpha value is -4.76. The number of aromatic nitrogens is 1. The van der Waals surface area contributed by atoms with Gasteiger partial charge in [0.05, 0.1) is 17.3 Å². The maximum absolute atomic E-state index is 15.2. The van der Waals surface area contributed by atoms with Crippen LogP contribution in [0.25, 0.3) is 22.2 Å². The second kappa shape index (κ2) is 9.85. The average molecular weight is 476 g/mol. The van der Waals surface area contributed by atoms with Gasteiger partial charge < -0.3 is 4.42 Å². The molecule has 6 heteroatoms. The van der Waals surface area contributed by atoms with Gasteiger partial charge >= 0.3 is 5.76 Å². The SMILES string of the molecule is Cn1c(=O)oc2ccc(-c3ccc(CC(C#N)N=C(c4ccccc4)c4ccccc4)cc3F)cc21.